The van der Waals surface area contributed by atoms with Crippen molar-refractivity contribution < 1.29 is 17.9 Å². The van der Waals surface area contributed by atoms with Crippen LogP contribution in [0.15, 0.2) is 23.1 Å². The molecule has 1 aliphatic rings. The van der Waals surface area contributed by atoms with Crippen molar-refractivity contribution in [2.24, 2.45) is 0 Å². The van der Waals surface area contributed by atoms with Gasteiger partial charge in [0.15, 0.2) is 0 Å². The Bertz CT molecular complexity index is 644. The van der Waals surface area contributed by atoms with Crippen LogP contribution in [0.5, 0.6) is 5.75 Å². The second kappa shape index (κ2) is 6.21. The number of hydrogen-bond acceptors (Lipinski definition) is 4. The van der Waals surface area contributed by atoms with Gasteiger partial charge >= 0.3 is 0 Å². The Morgan fingerprint density at radius 1 is 1.43 bits per heavy atom. The van der Waals surface area contributed by atoms with Crippen LogP contribution in [0.4, 0.5) is 0 Å². The highest BCUT2D eigenvalue weighted by molar-refractivity contribution is 7.89. The molecule has 1 aromatic rings. The predicted octanol–water partition coefficient (Wildman–Crippen LogP) is 1.29. The van der Waals surface area contributed by atoms with Crippen molar-refractivity contribution in [3.63, 3.8) is 0 Å². The van der Waals surface area contributed by atoms with Gasteiger partial charge < -0.3 is 10.1 Å². The van der Waals surface area contributed by atoms with Gasteiger partial charge in [-0.3, -0.25) is 4.79 Å². The Kier molecular flexibility index (Phi) is 4.75. The number of nitrogens with one attached hydrogen (secondary N) is 2. The van der Waals surface area contributed by atoms with Gasteiger partial charge in [0.2, 0.25) is 15.9 Å². The molecule has 2 N–H and O–H groups in total. The van der Waals surface area contributed by atoms with Crippen molar-refractivity contribution in [1.29, 1.82) is 0 Å². The van der Waals surface area contributed by atoms with Gasteiger partial charge in [-0.25, -0.2) is 8.42 Å². The number of carbonyl (C=O) groups excluding carboxylic acids is 1. The smallest absolute Gasteiger partial charge is 0.241 e. The monoisotopic (exact) mass is 332 g/mol. The van der Waals surface area contributed by atoms with E-state index in [1.807, 2.05) is 0 Å². The fourth-order valence-electron chi connectivity index (χ4n) is 1.72. The number of amides is 1. The summed E-state index contributed by atoms with van der Waals surface area (Å²) >= 11 is 5.92. The molecular formula is C13H17ClN2O4S. The summed E-state index contributed by atoms with van der Waals surface area (Å²) in [6, 6.07) is 3.45. The lowest BCUT2D eigenvalue weighted by molar-refractivity contribution is -0.122. The Hall–Kier alpha value is -1.31. The molecule has 1 amide bonds. The largest absolute Gasteiger partial charge is 0.495 e. The first-order chi connectivity index (χ1) is 9.83. The molecular weight excluding hydrogens is 316 g/mol. The number of ether oxygens (including phenoxy) is 1. The molecule has 1 saturated carbocycles. The minimum atomic E-state index is -3.82. The number of benzene rings is 1. The summed E-state index contributed by atoms with van der Waals surface area (Å²) in [7, 11) is -2.38. The molecule has 1 aromatic carbocycles. The van der Waals surface area contributed by atoms with Gasteiger partial charge in [0.05, 0.1) is 23.1 Å². The minimum absolute atomic E-state index is 0.0145. The third-order valence-corrected chi connectivity index (χ3v) is 4.92. The summed E-state index contributed by atoms with van der Waals surface area (Å²) in [5.41, 5.74) is 0. The average molecular weight is 333 g/mol. The quantitative estimate of drug-likeness (QED) is 0.822. The topological polar surface area (TPSA) is 84.5 Å². The molecule has 8 heteroatoms. The van der Waals surface area contributed by atoms with Crippen molar-refractivity contribution in [2.45, 2.75) is 36.7 Å². The first kappa shape index (κ1) is 16.1. The van der Waals surface area contributed by atoms with Gasteiger partial charge in [-0.2, -0.15) is 4.72 Å². The van der Waals surface area contributed by atoms with Crippen LogP contribution in [0.3, 0.4) is 0 Å². The van der Waals surface area contributed by atoms with E-state index >= 15 is 0 Å². The molecule has 1 aliphatic carbocycles. The van der Waals surface area contributed by atoms with Gasteiger partial charge in [-0.1, -0.05) is 11.6 Å². The summed E-state index contributed by atoms with van der Waals surface area (Å²) < 4.78 is 31.7. The molecule has 0 spiro atoms. The van der Waals surface area contributed by atoms with Gasteiger partial charge in [0, 0.05) is 6.04 Å². The van der Waals surface area contributed by atoms with E-state index < -0.39 is 16.1 Å². The van der Waals surface area contributed by atoms with E-state index in [1.165, 1.54) is 32.2 Å². The maximum atomic E-state index is 12.2. The van der Waals surface area contributed by atoms with Crippen LogP contribution in [-0.2, 0) is 14.8 Å². The summed E-state index contributed by atoms with van der Waals surface area (Å²) in [4.78, 5) is 11.8. The molecule has 0 bridgehead atoms. The first-order valence-corrected chi connectivity index (χ1v) is 8.36. The van der Waals surface area contributed by atoms with Crippen LogP contribution >= 0.6 is 11.6 Å². The Labute approximate surface area is 128 Å². The normalized spacial score (nSPS) is 16.3. The summed E-state index contributed by atoms with van der Waals surface area (Å²) in [6.45, 7) is 1.50. The molecule has 0 aliphatic heterocycles. The van der Waals surface area contributed by atoms with Crippen LogP contribution < -0.4 is 14.8 Å². The summed E-state index contributed by atoms with van der Waals surface area (Å²) in [5.74, 6) is 0.0517. The second-order valence-electron chi connectivity index (χ2n) is 4.92. The highest BCUT2D eigenvalue weighted by atomic mass is 35.5. The zero-order valence-corrected chi connectivity index (χ0v) is 13.3. The lowest BCUT2D eigenvalue weighted by Crippen LogP contribution is -2.45. The number of carbonyl (C=O) groups is 1. The highest BCUT2D eigenvalue weighted by Gasteiger charge is 2.28. The molecule has 0 saturated heterocycles. The second-order valence-corrected chi connectivity index (χ2v) is 7.04. The van der Waals surface area contributed by atoms with Crippen LogP contribution in [0, 0.1) is 0 Å². The lowest BCUT2D eigenvalue weighted by atomic mass is 10.3. The van der Waals surface area contributed by atoms with E-state index in [2.05, 4.69) is 10.0 Å². The fourth-order valence-corrected chi connectivity index (χ4v) is 3.27. The van der Waals surface area contributed by atoms with E-state index in [1.54, 1.807) is 0 Å². The van der Waals surface area contributed by atoms with E-state index in [-0.39, 0.29) is 21.9 Å². The van der Waals surface area contributed by atoms with E-state index in [9.17, 15) is 13.2 Å². The maximum absolute atomic E-state index is 12.2. The number of rotatable bonds is 6. The Morgan fingerprint density at radius 3 is 2.62 bits per heavy atom. The Morgan fingerprint density at radius 2 is 2.10 bits per heavy atom. The van der Waals surface area contributed by atoms with Crippen LogP contribution in [0.1, 0.15) is 19.8 Å². The molecule has 2 rings (SSSR count). The van der Waals surface area contributed by atoms with Crippen molar-refractivity contribution in [3.8, 4) is 5.75 Å². The van der Waals surface area contributed by atoms with Crippen molar-refractivity contribution >= 4 is 27.5 Å². The van der Waals surface area contributed by atoms with Crippen LogP contribution in [-0.4, -0.2) is 33.5 Å². The molecule has 0 heterocycles. The molecule has 1 atom stereocenters. The molecule has 21 heavy (non-hydrogen) atoms. The van der Waals surface area contributed by atoms with Crippen LogP contribution in [0.2, 0.25) is 5.02 Å². The van der Waals surface area contributed by atoms with Gasteiger partial charge in [0.25, 0.3) is 0 Å². The van der Waals surface area contributed by atoms with E-state index in [0.717, 1.165) is 12.8 Å². The highest BCUT2D eigenvalue weighted by Crippen LogP contribution is 2.27. The molecule has 6 nitrogen and oxygen atoms in total. The maximum Gasteiger partial charge on any atom is 0.241 e. The zero-order valence-electron chi connectivity index (χ0n) is 11.7. The first-order valence-electron chi connectivity index (χ1n) is 6.49. The van der Waals surface area contributed by atoms with E-state index in [0.29, 0.717) is 5.75 Å². The Balaban J connectivity index is 2.09. The third kappa shape index (κ3) is 4.09. The zero-order chi connectivity index (χ0) is 15.6. The average Bonchev–Trinajstić information content (AvgIpc) is 3.22. The number of halogens is 1. The van der Waals surface area contributed by atoms with Crippen LogP contribution in [0.25, 0.3) is 0 Å². The molecule has 116 valence electrons. The molecule has 0 aromatic heterocycles. The molecule has 0 radical (unpaired) electrons. The number of sulfonamides is 1. The van der Waals surface area contributed by atoms with Crippen molar-refractivity contribution in [1.82, 2.24) is 10.0 Å². The summed E-state index contributed by atoms with van der Waals surface area (Å²) in [5, 5.41) is 2.94. The standard InChI is InChI=1S/C13H17ClN2O4S/c1-8(13(17)15-9-3-4-9)16-21(18,19)10-5-6-12(20-2)11(14)7-10/h5-9,16H,3-4H2,1-2H3,(H,15,17)/t8-/m0/s1. The summed E-state index contributed by atoms with van der Waals surface area (Å²) in [6.07, 6.45) is 1.89. The van der Waals surface area contributed by atoms with Gasteiger partial charge in [-0.05, 0) is 38.0 Å². The van der Waals surface area contributed by atoms with Crippen molar-refractivity contribution in [3.05, 3.63) is 23.2 Å². The number of methoxy groups -OCH3 is 1. The SMILES string of the molecule is COc1ccc(S(=O)(=O)N[C@@H](C)C(=O)NC2CC2)cc1Cl. The minimum Gasteiger partial charge on any atom is -0.495 e. The molecule has 1 fully saturated rings. The van der Waals surface area contributed by atoms with Gasteiger partial charge in [-0.15, -0.1) is 0 Å². The number of hydrogen-bond donors (Lipinski definition) is 2. The van der Waals surface area contributed by atoms with Gasteiger partial charge in [0.1, 0.15) is 5.75 Å². The lowest BCUT2D eigenvalue weighted by Gasteiger charge is -2.14. The van der Waals surface area contributed by atoms with Crippen molar-refractivity contribution in [2.75, 3.05) is 7.11 Å². The molecule has 0 unspecified atom stereocenters. The fraction of sp³-hybridized carbons (Fsp3) is 0.462. The third-order valence-electron chi connectivity index (χ3n) is 3.08. The van der Waals surface area contributed by atoms with E-state index in [4.69, 9.17) is 16.3 Å². The predicted molar refractivity (Wildman–Crippen MR) is 79.0 cm³/mol.